The summed E-state index contributed by atoms with van der Waals surface area (Å²) in [4.78, 5) is 17.0. The molecule has 0 saturated carbocycles. The Hall–Kier alpha value is -2.31. The van der Waals surface area contributed by atoms with Crippen LogP contribution < -0.4 is 5.69 Å². The van der Waals surface area contributed by atoms with E-state index in [0.29, 0.717) is 46.8 Å². The number of nitrogens with zero attached hydrogens (tertiary/aromatic N) is 2. The molecular formula is C20H19ClF2N2O2. The van der Waals surface area contributed by atoms with E-state index >= 15 is 0 Å². The molecule has 0 aliphatic rings. The minimum absolute atomic E-state index is 0.177. The molecule has 1 heterocycles. The van der Waals surface area contributed by atoms with Crippen LogP contribution >= 0.6 is 11.6 Å². The van der Waals surface area contributed by atoms with Gasteiger partial charge in [0.15, 0.2) is 0 Å². The third kappa shape index (κ3) is 4.01. The second-order valence-electron chi connectivity index (χ2n) is 6.34. The third-order valence-electron chi connectivity index (χ3n) is 4.33. The van der Waals surface area contributed by atoms with Gasteiger partial charge < -0.3 is 4.74 Å². The number of fused-ring (bicyclic) bond motifs is 1. The molecule has 142 valence electrons. The maximum absolute atomic E-state index is 13.9. The van der Waals surface area contributed by atoms with Crippen molar-refractivity contribution in [2.45, 2.75) is 25.7 Å². The second kappa shape index (κ2) is 7.74. The van der Waals surface area contributed by atoms with E-state index in [-0.39, 0.29) is 5.56 Å². The quantitative estimate of drug-likeness (QED) is 0.569. The van der Waals surface area contributed by atoms with Gasteiger partial charge in [-0.2, -0.15) is 4.98 Å². The molecule has 3 rings (SSSR count). The first kappa shape index (κ1) is 19.5. The van der Waals surface area contributed by atoms with Crippen LogP contribution in [0.2, 0.25) is 5.02 Å². The standard InChI is InChI=1S/C20H19ClF2N2O2/c1-20(22,23)13-9-10-14-16(7-5-11-27-2)24-19(26)25(18(14)12-13)17-8-4-3-6-15(17)21/h3-4,6,8-10,12H,5,7,11H2,1-2H3. The summed E-state index contributed by atoms with van der Waals surface area (Å²) in [5.74, 6) is -3.03. The Morgan fingerprint density at radius 1 is 1.22 bits per heavy atom. The monoisotopic (exact) mass is 392 g/mol. The number of methoxy groups -OCH3 is 1. The zero-order valence-electron chi connectivity index (χ0n) is 15.0. The predicted molar refractivity (Wildman–Crippen MR) is 102 cm³/mol. The van der Waals surface area contributed by atoms with Gasteiger partial charge in [0, 0.05) is 31.6 Å². The summed E-state index contributed by atoms with van der Waals surface area (Å²) in [6, 6.07) is 11.0. The molecule has 0 spiro atoms. The lowest BCUT2D eigenvalue weighted by Gasteiger charge is -2.17. The summed E-state index contributed by atoms with van der Waals surface area (Å²) >= 11 is 6.25. The van der Waals surface area contributed by atoms with Crippen LogP contribution in [0.5, 0.6) is 0 Å². The highest BCUT2D eigenvalue weighted by atomic mass is 35.5. The highest BCUT2D eigenvalue weighted by Crippen LogP contribution is 2.31. The van der Waals surface area contributed by atoms with Gasteiger partial charge in [-0.15, -0.1) is 0 Å². The molecule has 0 fully saturated rings. The van der Waals surface area contributed by atoms with Crippen LogP contribution in [0.4, 0.5) is 8.78 Å². The van der Waals surface area contributed by atoms with Gasteiger partial charge >= 0.3 is 5.69 Å². The van der Waals surface area contributed by atoms with Gasteiger partial charge in [0.1, 0.15) is 0 Å². The number of hydrogen-bond donors (Lipinski definition) is 0. The molecule has 0 saturated heterocycles. The highest BCUT2D eigenvalue weighted by Gasteiger charge is 2.25. The van der Waals surface area contributed by atoms with E-state index in [1.807, 2.05) is 0 Å². The van der Waals surface area contributed by atoms with E-state index < -0.39 is 11.6 Å². The molecule has 7 heteroatoms. The van der Waals surface area contributed by atoms with Crippen LogP contribution in [-0.4, -0.2) is 23.3 Å². The number of para-hydroxylation sites is 1. The first-order valence-corrected chi connectivity index (χ1v) is 8.88. The Bertz CT molecular complexity index is 1030. The van der Waals surface area contributed by atoms with E-state index in [9.17, 15) is 13.6 Å². The number of aryl methyl sites for hydroxylation is 1. The second-order valence-corrected chi connectivity index (χ2v) is 6.75. The fourth-order valence-corrected chi connectivity index (χ4v) is 3.22. The lowest BCUT2D eigenvalue weighted by molar-refractivity contribution is 0.0176. The van der Waals surface area contributed by atoms with E-state index in [1.165, 1.54) is 16.7 Å². The van der Waals surface area contributed by atoms with Crippen molar-refractivity contribution >= 4 is 22.5 Å². The summed E-state index contributed by atoms with van der Waals surface area (Å²) < 4.78 is 34.1. The van der Waals surface area contributed by atoms with Crippen molar-refractivity contribution in [1.82, 2.24) is 9.55 Å². The molecule has 0 aliphatic carbocycles. The van der Waals surface area contributed by atoms with E-state index in [4.69, 9.17) is 16.3 Å². The van der Waals surface area contributed by atoms with Crippen LogP contribution in [0.1, 0.15) is 24.6 Å². The van der Waals surface area contributed by atoms with Crippen LogP contribution in [0.25, 0.3) is 16.6 Å². The molecule has 0 atom stereocenters. The summed E-state index contributed by atoms with van der Waals surface area (Å²) in [7, 11) is 1.59. The van der Waals surface area contributed by atoms with Crippen molar-refractivity contribution in [2.24, 2.45) is 0 Å². The molecule has 1 aromatic heterocycles. The largest absolute Gasteiger partial charge is 0.385 e. The minimum Gasteiger partial charge on any atom is -0.385 e. The number of alkyl halides is 2. The molecule has 3 aromatic rings. The van der Waals surface area contributed by atoms with Gasteiger partial charge in [0.2, 0.25) is 0 Å². The topological polar surface area (TPSA) is 44.1 Å². The van der Waals surface area contributed by atoms with E-state index in [1.54, 1.807) is 37.4 Å². The van der Waals surface area contributed by atoms with Crippen LogP contribution in [0.3, 0.4) is 0 Å². The summed E-state index contributed by atoms with van der Waals surface area (Å²) in [5.41, 5.74) is 0.585. The average molecular weight is 393 g/mol. The number of aromatic nitrogens is 2. The van der Waals surface area contributed by atoms with Gasteiger partial charge in [-0.25, -0.2) is 13.6 Å². The van der Waals surface area contributed by atoms with Gasteiger partial charge in [-0.3, -0.25) is 4.57 Å². The van der Waals surface area contributed by atoms with Gasteiger partial charge in [0.25, 0.3) is 5.92 Å². The molecule has 27 heavy (non-hydrogen) atoms. The summed E-state index contributed by atoms with van der Waals surface area (Å²) in [5, 5.41) is 0.974. The molecule has 4 nitrogen and oxygen atoms in total. The molecule has 0 radical (unpaired) electrons. The Balaban J connectivity index is 2.31. The third-order valence-corrected chi connectivity index (χ3v) is 4.65. The van der Waals surface area contributed by atoms with Crippen molar-refractivity contribution < 1.29 is 13.5 Å². The highest BCUT2D eigenvalue weighted by molar-refractivity contribution is 6.32. The Morgan fingerprint density at radius 3 is 2.63 bits per heavy atom. The number of benzene rings is 2. The van der Waals surface area contributed by atoms with Crippen LogP contribution in [-0.2, 0) is 17.1 Å². The van der Waals surface area contributed by atoms with Crippen molar-refractivity contribution in [2.75, 3.05) is 13.7 Å². The number of rotatable bonds is 6. The maximum Gasteiger partial charge on any atom is 0.352 e. The lowest BCUT2D eigenvalue weighted by atomic mass is 10.0. The molecule has 0 aliphatic heterocycles. The van der Waals surface area contributed by atoms with Gasteiger partial charge in [-0.1, -0.05) is 35.9 Å². The van der Waals surface area contributed by atoms with Crippen molar-refractivity contribution in [1.29, 1.82) is 0 Å². The molecule has 2 aromatic carbocycles. The minimum atomic E-state index is -3.03. The normalized spacial score (nSPS) is 11.9. The number of ether oxygens (including phenoxy) is 1. The summed E-state index contributed by atoms with van der Waals surface area (Å²) in [6.07, 6.45) is 1.17. The summed E-state index contributed by atoms with van der Waals surface area (Å²) in [6.45, 7) is 1.34. The van der Waals surface area contributed by atoms with Crippen LogP contribution in [0.15, 0.2) is 47.3 Å². The molecule has 0 amide bonds. The van der Waals surface area contributed by atoms with E-state index in [2.05, 4.69) is 4.98 Å². The molecular weight excluding hydrogens is 374 g/mol. The Kier molecular flexibility index (Phi) is 5.58. The molecule has 0 unspecified atom stereocenters. The SMILES string of the molecule is COCCCc1nc(=O)n(-c2ccccc2Cl)c2cc(C(C)(F)F)ccc12. The Morgan fingerprint density at radius 2 is 1.96 bits per heavy atom. The number of halogens is 3. The number of hydrogen-bond acceptors (Lipinski definition) is 3. The van der Waals surface area contributed by atoms with Gasteiger partial charge in [-0.05, 0) is 31.0 Å². The van der Waals surface area contributed by atoms with Gasteiger partial charge in [0.05, 0.1) is 21.9 Å². The lowest BCUT2D eigenvalue weighted by Crippen LogP contribution is -2.24. The average Bonchev–Trinajstić information content (AvgIpc) is 2.62. The first-order chi connectivity index (χ1) is 12.8. The predicted octanol–water partition coefficient (Wildman–Crippen LogP) is 4.73. The van der Waals surface area contributed by atoms with Crippen LogP contribution in [0, 0.1) is 0 Å². The zero-order chi connectivity index (χ0) is 19.6. The fraction of sp³-hybridized carbons (Fsp3) is 0.300. The van der Waals surface area contributed by atoms with Crippen molar-refractivity contribution in [3.8, 4) is 5.69 Å². The van der Waals surface area contributed by atoms with Crippen molar-refractivity contribution in [3.63, 3.8) is 0 Å². The zero-order valence-corrected chi connectivity index (χ0v) is 15.8. The van der Waals surface area contributed by atoms with Crippen molar-refractivity contribution in [3.05, 3.63) is 69.2 Å². The van der Waals surface area contributed by atoms with E-state index in [0.717, 1.165) is 6.92 Å². The smallest absolute Gasteiger partial charge is 0.352 e. The maximum atomic E-state index is 13.9. The molecule has 0 bridgehead atoms. The Labute approximate surface area is 160 Å². The first-order valence-electron chi connectivity index (χ1n) is 8.50. The molecule has 0 N–H and O–H groups in total. The fourth-order valence-electron chi connectivity index (χ4n) is 3.00.